The molecule has 122 valence electrons. The standard InChI is InChI=1S/C16H19N3O3S/c1-11-10-23-16(22)19(11)8-7-14(20)17-13-6-4-5-12(9-13)15(21)18(2)3/h4-6,9-10H,7-8H2,1-3H3,(H,17,20). The molecule has 0 spiro atoms. The van der Waals surface area contributed by atoms with Crippen LogP contribution in [0.3, 0.4) is 0 Å². The number of hydrogen-bond acceptors (Lipinski definition) is 4. The maximum Gasteiger partial charge on any atom is 0.307 e. The zero-order valence-electron chi connectivity index (χ0n) is 13.3. The number of thiazole rings is 1. The molecule has 6 nitrogen and oxygen atoms in total. The number of benzene rings is 1. The Morgan fingerprint density at radius 2 is 2.04 bits per heavy atom. The quantitative estimate of drug-likeness (QED) is 0.909. The third kappa shape index (κ3) is 4.29. The molecule has 0 bridgehead atoms. The van der Waals surface area contributed by atoms with Crippen LogP contribution in [0, 0.1) is 6.92 Å². The third-order valence-electron chi connectivity index (χ3n) is 3.34. The van der Waals surface area contributed by atoms with E-state index in [4.69, 9.17) is 0 Å². The first kappa shape index (κ1) is 17.0. The number of rotatable bonds is 5. The highest BCUT2D eigenvalue weighted by Crippen LogP contribution is 2.12. The second kappa shape index (κ2) is 7.23. The summed E-state index contributed by atoms with van der Waals surface area (Å²) < 4.78 is 1.58. The Kier molecular flexibility index (Phi) is 5.33. The average molecular weight is 333 g/mol. The first-order valence-electron chi connectivity index (χ1n) is 7.15. The molecule has 0 unspecified atom stereocenters. The van der Waals surface area contributed by atoms with Crippen molar-refractivity contribution in [1.82, 2.24) is 9.47 Å². The van der Waals surface area contributed by atoms with Crippen LogP contribution in [-0.4, -0.2) is 35.4 Å². The predicted octanol–water partition coefficient (Wildman–Crippen LogP) is 1.95. The molecule has 0 atom stereocenters. The van der Waals surface area contributed by atoms with Crippen molar-refractivity contribution in [2.45, 2.75) is 19.9 Å². The molecule has 0 saturated heterocycles. The molecule has 2 rings (SSSR count). The van der Waals surface area contributed by atoms with E-state index in [0.717, 1.165) is 17.0 Å². The highest BCUT2D eigenvalue weighted by Gasteiger charge is 2.10. The van der Waals surface area contributed by atoms with Crippen LogP contribution in [0.4, 0.5) is 5.69 Å². The van der Waals surface area contributed by atoms with Crippen molar-refractivity contribution >= 4 is 28.8 Å². The van der Waals surface area contributed by atoms with Crippen molar-refractivity contribution < 1.29 is 9.59 Å². The van der Waals surface area contributed by atoms with Crippen molar-refractivity contribution in [1.29, 1.82) is 0 Å². The summed E-state index contributed by atoms with van der Waals surface area (Å²) in [5.74, 6) is -0.321. The SMILES string of the molecule is Cc1csc(=O)n1CCC(=O)Nc1cccc(C(=O)N(C)C)c1. The topological polar surface area (TPSA) is 71.4 Å². The van der Waals surface area contributed by atoms with Crippen molar-refractivity contribution in [2.75, 3.05) is 19.4 Å². The van der Waals surface area contributed by atoms with Crippen molar-refractivity contribution in [3.63, 3.8) is 0 Å². The van der Waals surface area contributed by atoms with Gasteiger partial charge in [0, 0.05) is 49.4 Å². The van der Waals surface area contributed by atoms with E-state index in [1.54, 1.807) is 48.3 Å². The van der Waals surface area contributed by atoms with Gasteiger partial charge in [0.15, 0.2) is 0 Å². The van der Waals surface area contributed by atoms with E-state index in [-0.39, 0.29) is 23.1 Å². The molecule has 0 radical (unpaired) electrons. The fraction of sp³-hybridized carbons (Fsp3) is 0.312. The Hall–Kier alpha value is -2.41. The minimum atomic E-state index is -0.197. The number of aromatic nitrogens is 1. The lowest BCUT2D eigenvalue weighted by molar-refractivity contribution is -0.116. The molecule has 1 heterocycles. The molecule has 0 saturated carbocycles. The Balaban J connectivity index is 1.99. The Labute approximate surface area is 138 Å². The zero-order valence-corrected chi connectivity index (χ0v) is 14.1. The summed E-state index contributed by atoms with van der Waals surface area (Å²) in [5.41, 5.74) is 1.93. The minimum absolute atomic E-state index is 0.0612. The molecule has 2 aromatic rings. The van der Waals surface area contributed by atoms with E-state index in [0.29, 0.717) is 17.8 Å². The summed E-state index contributed by atoms with van der Waals surface area (Å²) in [5, 5.41) is 4.53. The summed E-state index contributed by atoms with van der Waals surface area (Å²) in [4.78, 5) is 37.0. The lowest BCUT2D eigenvalue weighted by atomic mass is 10.2. The average Bonchev–Trinajstić information content (AvgIpc) is 2.83. The van der Waals surface area contributed by atoms with Gasteiger partial charge in [0.1, 0.15) is 0 Å². The second-order valence-corrected chi connectivity index (χ2v) is 6.19. The minimum Gasteiger partial charge on any atom is -0.345 e. The number of nitrogens with zero attached hydrogens (tertiary/aromatic N) is 2. The lowest BCUT2D eigenvalue weighted by Crippen LogP contribution is -2.22. The maximum absolute atomic E-state index is 12.0. The summed E-state index contributed by atoms with van der Waals surface area (Å²) >= 11 is 1.13. The van der Waals surface area contributed by atoms with Crippen LogP contribution in [0.1, 0.15) is 22.5 Å². The zero-order chi connectivity index (χ0) is 17.0. The number of aryl methyl sites for hydroxylation is 1. The van der Waals surface area contributed by atoms with Crippen molar-refractivity contribution in [2.24, 2.45) is 0 Å². The van der Waals surface area contributed by atoms with Gasteiger partial charge in [-0.1, -0.05) is 17.4 Å². The van der Waals surface area contributed by atoms with E-state index in [9.17, 15) is 14.4 Å². The van der Waals surface area contributed by atoms with E-state index >= 15 is 0 Å². The molecule has 0 fully saturated rings. The van der Waals surface area contributed by atoms with E-state index in [1.807, 2.05) is 6.92 Å². The summed E-state index contributed by atoms with van der Waals surface area (Å²) in [7, 11) is 3.35. The van der Waals surface area contributed by atoms with Gasteiger partial charge in [0.2, 0.25) is 5.91 Å². The lowest BCUT2D eigenvalue weighted by Gasteiger charge is -2.12. The van der Waals surface area contributed by atoms with Gasteiger partial charge in [0.05, 0.1) is 0 Å². The highest BCUT2D eigenvalue weighted by molar-refractivity contribution is 7.07. The monoisotopic (exact) mass is 333 g/mol. The maximum atomic E-state index is 12.0. The first-order valence-corrected chi connectivity index (χ1v) is 8.03. The third-order valence-corrected chi connectivity index (χ3v) is 4.22. The van der Waals surface area contributed by atoms with Gasteiger partial charge in [-0.05, 0) is 25.1 Å². The van der Waals surface area contributed by atoms with E-state index in [2.05, 4.69) is 5.32 Å². The molecular weight excluding hydrogens is 314 g/mol. The molecular formula is C16H19N3O3S. The largest absolute Gasteiger partial charge is 0.345 e. The van der Waals surface area contributed by atoms with Crippen LogP contribution < -0.4 is 10.2 Å². The first-order chi connectivity index (χ1) is 10.9. The number of nitrogens with one attached hydrogen (secondary N) is 1. The Morgan fingerprint density at radius 3 is 2.65 bits per heavy atom. The summed E-state index contributed by atoms with van der Waals surface area (Å²) in [6, 6.07) is 6.79. The Morgan fingerprint density at radius 1 is 1.30 bits per heavy atom. The predicted molar refractivity (Wildman–Crippen MR) is 91.0 cm³/mol. The second-order valence-electron chi connectivity index (χ2n) is 5.37. The normalized spacial score (nSPS) is 10.4. The summed E-state index contributed by atoms with van der Waals surface area (Å²) in [6.07, 6.45) is 0.198. The van der Waals surface area contributed by atoms with Crippen LogP contribution in [0.15, 0.2) is 34.4 Å². The molecule has 7 heteroatoms. The number of carbonyl (C=O) groups excluding carboxylic acids is 2. The Bertz CT molecular complexity index is 777. The smallest absolute Gasteiger partial charge is 0.307 e. The van der Waals surface area contributed by atoms with Gasteiger partial charge in [-0.2, -0.15) is 0 Å². The van der Waals surface area contributed by atoms with Gasteiger partial charge >= 0.3 is 4.87 Å². The molecule has 0 aliphatic heterocycles. The molecule has 0 aliphatic carbocycles. The molecule has 1 aromatic carbocycles. The van der Waals surface area contributed by atoms with Gasteiger partial charge in [-0.3, -0.25) is 14.4 Å². The van der Waals surface area contributed by atoms with Crippen molar-refractivity contribution in [3.8, 4) is 0 Å². The van der Waals surface area contributed by atoms with Crippen LogP contribution >= 0.6 is 11.3 Å². The molecule has 0 aliphatic rings. The van der Waals surface area contributed by atoms with Gasteiger partial charge < -0.3 is 14.8 Å². The summed E-state index contributed by atoms with van der Waals surface area (Å²) in [6.45, 7) is 2.18. The van der Waals surface area contributed by atoms with Crippen LogP contribution in [0.2, 0.25) is 0 Å². The highest BCUT2D eigenvalue weighted by atomic mass is 32.1. The molecule has 2 amide bonds. The van der Waals surface area contributed by atoms with Gasteiger partial charge in [-0.25, -0.2) is 0 Å². The fourth-order valence-corrected chi connectivity index (χ4v) is 2.86. The number of carbonyl (C=O) groups is 2. The van der Waals surface area contributed by atoms with Gasteiger partial charge in [0.25, 0.3) is 5.91 Å². The van der Waals surface area contributed by atoms with Crippen LogP contribution in [0.5, 0.6) is 0 Å². The fourth-order valence-electron chi connectivity index (χ4n) is 2.10. The molecule has 1 aromatic heterocycles. The van der Waals surface area contributed by atoms with E-state index < -0.39 is 0 Å². The number of anilines is 1. The van der Waals surface area contributed by atoms with Gasteiger partial charge in [-0.15, -0.1) is 0 Å². The van der Waals surface area contributed by atoms with Crippen molar-refractivity contribution in [3.05, 3.63) is 50.6 Å². The van der Waals surface area contributed by atoms with Crippen LogP contribution in [0.25, 0.3) is 0 Å². The van der Waals surface area contributed by atoms with E-state index in [1.165, 1.54) is 4.90 Å². The number of amides is 2. The van der Waals surface area contributed by atoms with Crippen LogP contribution in [-0.2, 0) is 11.3 Å². The number of hydrogen-bond donors (Lipinski definition) is 1. The molecule has 1 N–H and O–H groups in total. The molecule has 23 heavy (non-hydrogen) atoms.